The Morgan fingerprint density at radius 3 is 2.53 bits per heavy atom. The maximum atomic E-state index is 13.8. The van der Waals surface area contributed by atoms with Crippen LogP contribution in [0.4, 0.5) is 5.69 Å². The van der Waals surface area contributed by atoms with Crippen molar-refractivity contribution in [1.82, 2.24) is 10.2 Å². The van der Waals surface area contributed by atoms with Gasteiger partial charge < -0.3 is 10.4 Å². The van der Waals surface area contributed by atoms with Gasteiger partial charge in [-0.3, -0.25) is 29.4 Å². The maximum absolute atomic E-state index is 13.8. The summed E-state index contributed by atoms with van der Waals surface area (Å²) in [6.07, 6.45) is 0.500. The fourth-order valence-electron chi connectivity index (χ4n) is 5.95. The molecule has 4 unspecified atom stereocenters. The van der Waals surface area contributed by atoms with E-state index < -0.39 is 29.4 Å². The molecule has 0 bridgehead atoms. The van der Waals surface area contributed by atoms with Crippen LogP contribution in [0.15, 0.2) is 42.5 Å². The highest BCUT2D eigenvalue weighted by atomic mass is 16.4. The molecule has 8 heteroatoms. The van der Waals surface area contributed by atoms with Gasteiger partial charge in [0.05, 0.1) is 11.8 Å². The molecule has 3 N–H and O–H groups in total. The quantitative estimate of drug-likeness (QED) is 0.568. The molecule has 0 radical (unpaired) electrons. The topological polar surface area (TPSA) is 116 Å². The third-order valence-electron chi connectivity index (χ3n) is 7.39. The van der Waals surface area contributed by atoms with Crippen LogP contribution in [-0.2, 0) is 31.1 Å². The van der Waals surface area contributed by atoms with E-state index in [-0.39, 0.29) is 37.1 Å². The van der Waals surface area contributed by atoms with E-state index in [1.54, 1.807) is 0 Å². The van der Waals surface area contributed by atoms with Crippen molar-refractivity contribution in [2.24, 2.45) is 11.8 Å². The van der Waals surface area contributed by atoms with E-state index in [0.717, 1.165) is 16.7 Å². The number of hydrogen-bond donors (Lipinski definition) is 3. The fourth-order valence-corrected chi connectivity index (χ4v) is 5.95. The first-order valence-corrected chi connectivity index (χ1v) is 11.6. The molecule has 3 aliphatic rings. The van der Waals surface area contributed by atoms with Crippen LogP contribution in [0, 0.1) is 25.7 Å². The van der Waals surface area contributed by atoms with Crippen LogP contribution < -0.4 is 10.6 Å². The van der Waals surface area contributed by atoms with Gasteiger partial charge in [0.1, 0.15) is 5.54 Å². The second kappa shape index (κ2) is 8.06. The average Bonchev–Trinajstić information content (AvgIpc) is 3.37. The van der Waals surface area contributed by atoms with Crippen LogP contribution in [-0.4, -0.2) is 46.3 Å². The summed E-state index contributed by atoms with van der Waals surface area (Å²) in [5.74, 6) is -3.78. The number of nitrogens with one attached hydrogen (secondary N) is 2. The third kappa shape index (κ3) is 3.24. The molecule has 8 nitrogen and oxygen atoms in total. The normalized spacial score (nSPS) is 27.3. The van der Waals surface area contributed by atoms with Crippen molar-refractivity contribution in [2.75, 3.05) is 11.9 Å². The number of carbonyl (C=O) groups excluding carboxylic acids is 3. The molecular formula is C26H27N3O5. The summed E-state index contributed by atoms with van der Waals surface area (Å²) in [6.45, 7) is 4.04. The van der Waals surface area contributed by atoms with Crippen molar-refractivity contribution < 1.29 is 24.3 Å². The second-order valence-electron chi connectivity index (χ2n) is 9.52. The van der Waals surface area contributed by atoms with Gasteiger partial charge >= 0.3 is 5.97 Å². The van der Waals surface area contributed by atoms with E-state index in [0.29, 0.717) is 17.7 Å². The van der Waals surface area contributed by atoms with Crippen molar-refractivity contribution in [3.05, 3.63) is 64.7 Å². The number of aryl methyl sites for hydroxylation is 2. The molecule has 3 amide bonds. The van der Waals surface area contributed by atoms with Gasteiger partial charge in [0.2, 0.25) is 17.7 Å². The highest BCUT2D eigenvalue weighted by molar-refractivity contribution is 6.15. The summed E-state index contributed by atoms with van der Waals surface area (Å²) in [4.78, 5) is 53.4. The second-order valence-corrected chi connectivity index (χ2v) is 9.52. The molecule has 0 saturated carbocycles. The molecular weight excluding hydrogens is 434 g/mol. The minimum absolute atomic E-state index is 0.150. The predicted molar refractivity (Wildman–Crippen MR) is 124 cm³/mol. The van der Waals surface area contributed by atoms with Crippen molar-refractivity contribution in [3.8, 4) is 0 Å². The number of carbonyl (C=O) groups is 4. The molecule has 0 aliphatic carbocycles. The first kappa shape index (κ1) is 22.3. The van der Waals surface area contributed by atoms with Gasteiger partial charge in [-0.1, -0.05) is 48.0 Å². The predicted octanol–water partition coefficient (Wildman–Crippen LogP) is 2.13. The van der Waals surface area contributed by atoms with Crippen LogP contribution in [0.25, 0.3) is 0 Å². The molecule has 2 saturated heterocycles. The molecule has 5 rings (SSSR count). The lowest BCUT2D eigenvalue weighted by Gasteiger charge is -2.30. The lowest BCUT2D eigenvalue weighted by Crippen LogP contribution is -2.53. The van der Waals surface area contributed by atoms with E-state index in [1.807, 2.05) is 56.3 Å². The van der Waals surface area contributed by atoms with E-state index in [2.05, 4.69) is 10.6 Å². The average molecular weight is 462 g/mol. The molecule has 4 atom stereocenters. The summed E-state index contributed by atoms with van der Waals surface area (Å²) in [5, 5.41) is 15.5. The van der Waals surface area contributed by atoms with Crippen molar-refractivity contribution >= 4 is 29.4 Å². The monoisotopic (exact) mass is 461 g/mol. The van der Waals surface area contributed by atoms with E-state index in [4.69, 9.17) is 0 Å². The number of benzene rings is 2. The SMILES string of the molecule is Cc1cc(C)c2c(c1)C1(NC(CCC(=O)O)C3C(=O)N(CCc4ccccc4)C(=O)C31)C(=O)N2. The van der Waals surface area contributed by atoms with Gasteiger partial charge in [0.25, 0.3) is 0 Å². The minimum atomic E-state index is -1.39. The summed E-state index contributed by atoms with van der Waals surface area (Å²) in [5.41, 5.74) is 2.75. The van der Waals surface area contributed by atoms with Crippen LogP contribution in [0.2, 0.25) is 0 Å². The Balaban J connectivity index is 1.55. The first-order chi connectivity index (χ1) is 16.2. The van der Waals surface area contributed by atoms with E-state index >= 15 is 0 Å². The Hall–Kier alpha value is -3.52. The van der Waals surface area contributed by atoms with Crippen LogP contribution >= 0.6 is 0 Å². The lowest BCUT2D eigenvalue weighted by molar-refractivity contribution is -0.143. The number of imide groups is 1. The number of anilines is 1. The van der Waals surface area contributed by atoms with Crippen molar-refractivity contribution in [1.29, 1.82) is 0 Å². The standard InChI is InChI=1S/C26H27N3O5/c1-14-12-15(2)22-17(13-14)26(25(34)27-22)21-20(18(28-26)8-9-19(30)31)23(32)29(24(21)33)11-10-16-6-4-3-5-7-16/h3-7,12-13,18,20-21,28H,8-11H2,1-2H3,(H,27,34)(H,30,31). The number of likely N-dealkylation sites (tertiary alicyclic amines) is 1. The zero-order valence-electron chi connectivity index (χ0n) is 19.1. The number of aliphatic carboxylic acids is 1. The Kier molecular flexibility index (Phi) is 5.28. The smallest absolute Gasteiger partial charge is 0.303 e. The van der Waals surface area contributed by atoms with Crippen LogP contribution in [0.3, 0.4) is 0 Å². The van der Waals surface area contributed by atoms with Gasteiger partial charge in [0, 0.05) is 30.3 Å². The van der Waals surface area contributed by atoms with Crippen LogP contribution in [0.1, 0.15) is 35.1 Å². The Morgan fingerprint density at radius 1 is 1.09 bits per heavy atom. The number of fused-ring (bicyclic) bond motifs is 4. The first-order valence-electron chi connectivity index (χ1n) is 11.6. The molecule has 2 aromatic carbocycles. The molecule has 2 aromatic rings. The summed E-state index contributed by atoms with van der Waals surface area (Å²) < 4.78 is 0. The van der Waals surface area contributed by atoms with Gasteiger partial charge in [-0.15, -0.1) is 0 Å². The molecule has 3 aliphatic heterocycles. The molecule has 3 heterocycles. The number of carboxylic acid groups (broad SMARTS) is 1. The van der Waals surface area contributed by atoms with Gasteiger partial charge in [-0.2, -0.15) is 0 Å². The number of rotatable bonds is 6. The van der Waals surface area contributed by atoms with E-state index in [1.165, 1.54) is 4.90 Å². The number of amides is 3. The minimum Gasteiger partial charge on any atom is -0.481 e. The summed E-state index contributed by atoms with van der Waals surface area (Å²) in [6, 6.07) is 12.8. The molecule has 176 valence electrons. The van der Waals surface area contributed by atoms with Crippen molar-refractivity contribution in [2.45, 2.75) is 44.7 Å². The lowest BCUT2D eigenvalue weighted by atomic mass is 9.75. The Bertz CT molecular complexity index is 1210. The zero-order valence-corrected chi connectivity index (χ0v) is 19.1. The van der Waals surface area contributed by atoms with Gasteiger partial charge in [0.15, 0.2) is 0 Å². The molecule has 1 spiro atoms. The third-order valence-corrected chi connectivity index (χ3v) is 7.39. The molecule has 34 heavy (non-hydrogen) atoms. The molecule has 2 fully saturated rings. The maximum Gasteiger partial charge on any atom is 0.303 e. The number of carboxylic acids is 1. The Labute approximate surface area is 197 Å². The summed E-state index contributed by atoms with van der Waals surface area (Å²) in [7, 11) is 0. The summed E-state index contributed by atoms with van der Waals surface area (Å²) >= 11 is 0. The van der Waals surface area contributed by atoms with Gasteiger partial charge in [-0.25, -0.2) is 0 Å². The largest absolute Gasteiger partial charge is 0.481 e. The highest BCUT2D eigenvalue weighted by Crippen LogP contribution is 2.54. The van der Waals surface area contributed by atoms with Crippen LogP contribution in [0.5, 0.6) is 0 Å². The van der Waals surface area contributed by atoms with Crippen molar-refractivity contribution in [3.63, 3.8) is 0 Å². The zero-order chi connectivity index (χ0) is 24.2. The van der Waals surface area contributed by atoms with Gasteiger partial charge in [-0.05, 0) is 37.8 Å². The van der Waals surface area contributed by atoms with E-state index in [9.17, 15) is 24.3 Å². The number of hydrogen-bond acceptors (Lipinski definition) is 5. The highest BCUT2D eigenvalue weighted by Gasteiger charge is 2.70. The molecule has 0 aromatic heterocycles. The number of nitrogens with zero attached hydrogens (tertiary/aromatic N) is 1. The fraction of sp³-hybridized carbons (Fsp3) is 0.385. The Morgan fingerprint density at radius 2 is 1.82 bits per heavy atom.